The van der Waals surface area contributed by atoms with Gasteiger partial charge in [-0.2, -0.15) is 0 Å². The summed E-state index contributed by atoms with van der Waals surface area (Å²) in [4.78, 5) is 23.6. The number of carbonyl (C=O) groups excluding carboxylic acids is 1. The number of aryl methyl sites for hydroxylation is 2. The summed E-state index contributed by atoms with van der Waals surface area (Å²) in [5.74, 6) is -2.88. The number of nitrogens with one attached hydrogen (secondary N) is 1. The molecule has 1 heterocycles. The van der Waals surface area contributed by atoms with Crippen LogP contribution in [0.3, 0.4) is 0 Å². The number of rotatable bonds is 7. The molecule has 1 aliphatic rings. The number of thiazole rings is 1. The fourth-order valence-electron chi connectivity index (χ4n) is 3.54. The Labute approximate surface area is 186 Å². The minimum absolute atomic E-state index is 0.173. The molecule has 0 saturated heterocycles. The van der Waals surface area contributed by atoms with Gasteiger partial charge in [0.1, 0.15) is 5.69 Å². The molecule has 1 aromatic carbocycles. The lowest BCUT2D eigenvalue weighted by Gasteiger charge is -2.28. The molecule has 5 nitrogen and oxygen atoms in total. The van der Waals surface area contributed by atoms with E-state index in [2.05, 4.69) is 41.3 Å². The van der Waals surface area contributed by atoms with Crippen molar-refractivity contribution in [1.82, 2.24) is 15.2 Å². The van der Waals surface area contributed by atoms with Crippen LogP contribution in [-0.4, -0.2) is 47.7 Å². The molecule has 0 unspecified atom stereocenters. The van der Waals surface area contributed by atoms with Gasteiger partial charge in [-0.25, -0.2) is 18.8 Å². The van der Waals surface area contributed by atoms with Crippen LogP contribution in [0.5, 0.6) is 0 Å². The largest absolute Gasteiger partial charge is 0.366 e. The highest BCUT2D eigenvalue weighted by Gasteiger charge is 2.35. The fourth-order valence-corrected chi connectivity index (χ4v) is 4.33. The topological polar surface area (TPSA) is 57.6 Å². The van der Waals surface area contributed by atoms with Crippen molar-refractivity contribution < 1.29 is 13.6 Å². The number of aliphatic imine (C=N–C) groups is 1. The molecule has 1 amide bonds. The zero-order valence-electron chi connectivity index (χ0n) is 18.5. The predicted octanol–water partition coefficient (Wildman–Crippen LogP) is 5.27. The summed E-state index contributed by atoms with van der Waals surface area (Å²) in [5, 5.41) is 5.45. The average Bonchev–Trinajstić information content (AvgIpc) is 3.19. The van der Waals surface area contributed by atoms with E-state index < -0.39 is 5.92 Å². The maximum absolute atomic E-state index is 13.3. The number of hydrogen-bond acceptors (Lipinski definition) is 4. The van der Waals surface area contributed by atoms with Gasteiger partial charge in [-0.3, -0.25) is 4.79 Å². The second kappa shape index (κ2) is 9.85. The highest BCUT2D eigenvalue weighted by Crippen LogP contribution is 2.33. The van der Waals surface area contributed by atoms with Crippen LogP contribution in [0.2, 0.25) is 0 Å². The quantitative estimate of drug-likeness (QED) is 0.464. The Balaban J connectivity index is 1.63. The van der Waals surface area contributed by atoms with Crippen LogP contribution in [0, 0.1) is 13.8 Å². The first-order valence-electron chi connectivity index (χ1n) is 10.6. The number of alkyl halides is 2. The van der Waals surface area contributed by atoms with E-state index in [0.29, 0.717) is 25.0 Å². The van der Waals surface area contributed by atoms with Crippen molar-refractivity contribution in [3.63, 3.8) is 0 Å². The molecule has 0 radical (unpaired) electrons. The van der Waals surface area contributed by atoms with Gasteiger partial charge >= 0.3 is 0 Å². The number of benzene rings is 1. The number of halogens is 2. The van der Waals surface area contributed by atoms with Crippen molar-refractivity contribution in [2.24, 2.45) is 4.99 Å². The Morgan fingerprint density at radius 1 is 1.32 bits per heavy atom. The smallest absolute Gasteiger partial charge is 0.270 e. The molecule has 8 heteroatoms. The van der Waals surface area contributed by atoms with Crippen molar-refractivity contribution in [3.8, 4) is 0 Å². The average molecular weight is 449 g/mol. The highest BCUT2D eigenvalue weighted by molar-refractivity contribution is 7.09. The zero-order chi connectivity index (χ0) is 22.6. The van der Waals surface area contributed by atoms with E-state index >= 15 is 0 Å². The maximum Gasteiger partial charge on any atom is 0.270 e. The summed E-state index contributed by atoms with van der Waals surface area (Å²) in [6.45, 7) is 7.06. The van der Waals surface area contributed by atoms with Gasteiger partial charge in [0, 0.05) is 44.3 Å². The van der Waals surface area contributed by atoms with Gasteiger partial charge in [-0.1, -0.05) is 6.07 Å². The van der Waals surface area contributed by atoms with Gasteiger partial charge in [-0.05, 0) is 56.4 Å². The van der Waals surface area contributed by atoms with Crippen LogP contribution in [-0.2, 0) is 6.42 Å². The molecule has 1 aromatic heterocycles. The zero-order valence-corrected chi connectivity index (χ0v) is 19.4. The molecule has 1 fully saturated rings. The standard InChI is InChI=1S/C23H30F2N4OS/c1-5-29(4)14-26-19-11-15(2)17(10-16(19)3)12-21-28-20(13-31-21)22(30)27-18-6-8-23(24,25)9-7-18/h10-11,13-14,18H,5-9,12H2,1-4H3,(H,27,30)/b26-14+. The Bertz CT molecular complexity index is 947. The molecule has 0 aliphatic heterocycles. The van der Waals surface area contributed by atoms with E-state index in [-0.39, 0.29) is 24.8 Å². The molecule has 3 rings (SSSR count). The van der Waals surface area contributed by atoms with Crippen molar-refractivity contribution in [2.75, 3.05) is 13.6 Å². The van der Waals surface area contributed by atoms with Crippen LogP contribution in [0.4, 0.5) is 14.5 Å². The Hall–Kier alpha value is -2.35. The summed E-state index contributed by atoms with van der Waals surface area (Å²) in [6.07, 6.45) is 2.73. The Morgan fingerprint density at radius 2 is 2.03 bits per heavy atom. The monoisotopic (exact) mass is 448 g/mol. The highest BCUT2D eigenvalue weighted by atomic mass is 32.1. The molecule has 31 heavy (non-hydrogen) atoms. The Morgan fingerprint density at radius 3 is 2.71 bits per heavy atom. The van der Waals surface area contributed by atoms with E-state index in [1.807, 2.05) is 25.2 Å². The first kappa shape index (κ1) is 23.3. The summed E-state index contributed by atoms with van der Waals surface area (Å²) in [6, 6.07) is 3.99. The van der Waals surface area contributed by atoms with E-state index in [9.17, 15) is 13.6 Å². The van der Waals surface area contributed by atoms with E-state index in [4.69, 9.17) is 0 Å². The molecule has 1 aliphatic carbocycles. The molecule has 2 aromatic rings. The van der Waals surface area contributed by atoms with E-state index in [0.717, 1.165) is 33.9 Å². The SMILES string of the molecule is CCN(C)/C=N/c1cc(C)c(Cc2nc(C(=O)NC3CCC(F)(F)CC3)cs2)cc1C. The molecular weight excluding hydrogens is 418 g/mol. The number of amides is 1. The summed E-state index contributed by atoms with van der Waals surface area (Å²) >= 11 is 1.44. The second-order valence-corrected chi connectivity index (χ2v) is 9.23. The third kappa shape index (κ3) is 6.32. The summed E-state index contributed by atoms with van der Waals surface area (Å²) in [7, 11) is 1.99. The number of carbonyl (C=O) groups is 1. The van der Waals surface area contributed by atoms with Crippen LogP contribution >= 0.6 is 11.3 Å². The first-order valence-corrected chi connectivity index (χ1v) is 11.5. The lowest BCUT2D eigenvalue weighted by molar-refractivity contribution is -0.0399. The van der Waals surface area contributed by atoms with Gasteiger partial charge in [0.15, 0.2) is 0 Å². The lowest BCUT2D eigenvalue weighted by atomic mass is 9.92. The van der Waals surface area contributed by atoms with Gasteiger partial charge < -0.3 is 10.2 Å². The van der Waals surface area contributed by atoms with Crippen molar-refractivity contribution in [3.05, 3.63) is 44.9 Å². The minimum atomic E-state index is -2.60. The van der Waals surface area contributed by atoms with Crippen molar-refractivity contribution in [1.29, 1.82) is 0 Å². The molecular formula is C23H30F2N4OS. The maximum atomic E-state index is 13.3. The third-order valence-electron chi connectivity index (χ3n) is 5.73. The normalized spacial score (nSPS) is 16.6. The van der Waals surface area contributed by atoms with Gasteiger partial charge in [0.25, 0.3) is 5.91 Å². The lowest BCUT2D eigenvalue weighted by Crippen LogP contribution is -2.40. The van der Waals surface area contributed by atoms with Crippen LogP contribution in [0.15, 0.2) is 22.5 Å². The number of hydrogen-bond donors (Lipinski definition) is 1. The third-order valence-corrected chi connectivity index (χ3v) is 6.57. The first-order chi connectivity index (χ1) is 14.7. The van der Waals surface area contributed by atoms with E-state index in [1.165, 1.54) is 11.3 Å². The number of aromatic nitrogens is 1. The molecule has 0 spiro atoms. The summed E-state index contributed by atoms with van der Waals surface area (Å²) < 4.78 is 26.6. The van der Waals surface area contributed by atoms with Crippen molar-refractivity contribution in [2.45, 2.75) is 64.8 Å². The minimum Gasteiger partial charge on any atom is -0.366 e. The van der Waals surface area contributed by atoms with Crippen molar-refractivity contribution >= 4 is 29.3 Å². The fraction of sp³-hybridized carbons (Fsp3) is 0.522. The van der Waals surface area contributed by atoms with Crippen LogP contribution in [0.1, 0.15) is 64.8 Å². The molecule has 168 valence electrons. The molecule has 0 atom stereocenters. The molecule has 1 saturated carbocycles. The molecule has 1 N–H and O–H groups in total. The van der Waals surface area contributed by atoms with Gasteiger partial charge in [0.05, 0.1) is 17.0 Å². The summed E-state index contributed by atoms with van der Waals surface area (Å²) in [5.41, 5.74) is 4.66. The van der Waals surface area contributed by atoms with Gasteiger partial charge in [0.2, 0.25) is 5.92 Å². The van der Waals surface area contributed by atoms with Crippen LogP contribution in [0.25, 0.3) is 0 Å². The number of nitrogens with zero attached hydrogens (tertiary/aromatic N) is 3. The van der Waals surface area contributed by atoms with Crippen LogP contribution < -0.4 is 5.32 Å². The predicted molar refractivity (Wildman–Crippen MR) is 122 cm³/mol. The Kier molecular flexibility index (Phi) is 7.41. The van der Waals surface area contributed by atoms with E-state index in [1.54, 1.807) is 5.38 Å². The second-order valence-electron chi connectivity index (χ2n) is 8.29. The molecule has 0 bridgehead atoms. The van der Waals surface area contributed by atoms with Gasteiger partial charge in [-0.15, -0.1) is 11.3 Å².